The van der Waals surface area contributed by atoms with Crippen molar-refractivity contribution in [1.82, 2.24) is 15.2 Å². The number of nitrogens with zero attached hydrogens (tertiary/aromatic N) is 2. The molecular weight excluding hydrogens is 256 g/mol. The second kappa shape index (κ2) is 7.97. The van der Waals surface area contributed by atoms with Crippen LogP contribution in [-0.2, 0) is 6.54 Å². The molecule has 0 aliphatic heterocycles. The van der Waals surface area contributed by atoms with Gasteiger partial charge in [0, 0.05) is 12.3 Å². The van der Waals surface area contributed by atoms with Gasteiger partial charge in [0.2, 0.25) is 0 Å². The van der Waals surface area contributed by atoms with Crippen molar-refractivity contribution < 1.29 is 0 Å². The summed E-state index contributed by atoms with van der Waals surface area (Å²) in [6.07, 6.45) is 3.90. The van der Waals surface area contributed by atoms with Crippen LogP contribution in [0.5, 0.6) is 0 Å². The van der Waals surface area contributed by atoms with Crippen LogP contribution in [-0.4, -0.2) is 21.3 Å². The Morgan fingerprint density at radius 1 is 1.53 bits per heavy atom. The van der Waals surface area contributed by atoms with Crippen molar-refractivity contribution in [3.05, 3.63) is 16.9 Å². The molecule has 1 rings (SSSR count). The Morgan fingerprint density at radius 3 is 2.88 bits per heavy atom. The Balaban J connectivity index is 2.75. The van der Waals surface area contributed by atoms with E-state index in [0.717, 1.165) is 30.2 Å². The smallest absolute Gasteiger partial charge is 0.0834 e. The highest BCUT2D eigenvalue weighted by molar-refractivity contribution is 7.99. The Bertz CT molecular complexity index is 329. The van der Waals surface area contributed by atoms with Crippen molar-refractivity contribution in [2.45, 2.75) is 39.3 Å². The van der Waals surface area contributed by atoms with Gasteiger partial charge < -0.3 is 0 Å². The normalized spacial score (nSPS) is 12.9. The zero-order valence-electron chi connectivity index (χ0n) is 10.4. The summed E-state index contributed by atoms with van der Waals surface area (Å²) < 4.78 is 1.94. The molecule has 1 aromatic heterocycles. The van der Waals surface area contributed by atoms with E-state index >= 15 is 0 Å². The molecule has 0 saturated carbocycles. The Hall–Kier alpha value is -0.230. The van der Waals surface area contributed by atoms with E-state index in [1.165, 1.54) is 6.42 Å². The standard InChI is InChI=1S/C11H21ClN4S/c1-3-5-16-11(9(12)7-14-16)10(15-13)8-17-6-4-2/h7,10,15H,3-6,8,13H2,1-2H3. The number of nitrogens with one attached hydrogen (secondary N) is 1. The number of hydrazine groups is 1. The van der Waals surface area contributed by atoms with Gasteiger partial charge in [0.25, 0.3) is 0 Å². The number of thioether (sulfide) groups is 1. The molecule has 1 heterocycles. The van der Waals surface area contributed by atoms with Gasteiger partial charge in [0.1, 0.15) is 0 Å². The monoisotopic (exact) mass is 276 g/mol. The largest absolute Gasteiger partial charge is 0.271 e. The van der Waals surface area contributed by atoms with Crippen LogP contribution in [0.1, 0.15) is 38.4 Å². The maximum absolute atomic E-state index is 6.18. The molecule has 4 nitrogen and oxygen atoms in total. The summed E-state index contributed by atoms with van der Waals surface area (Å²) in [7, 11) is 0. The minimum atomic E-state index is 0.0631. The van der Waals surface area contributed by atoms with Crippen LogP contribution in [0, 0.1) is 0 Å². The maximum Gasteiger partial charge on any atom is 0.0834 e. The lowest BCUT2D eigenvalue weighted by molar-refractivity contribution is 0.509. The number of rotatable bonds is 8. The van der Waals surface area contributed by atoms with Crippen LogP contribution in [0.25, 0.3) is 0 Å². The molecule has 0 aromatic carbocycles. The van der Waals surface area contributed by atoms with E-state index in [0.29, 0.717) is 5.02 Å². The first-order chi connectivity index (χ1) is 8.24. The predicted molar refractivity (Wildman–Crippen MR) is 75.2 cm³/mol. The summed E-state index contributed by atoms with van der Waals surface area (Å²) in [5.41, 5.74) is 3.84. The number of aryl methyl sites for hydroxylation is 1. The lowest BCUT2D eigenvalue weighted by atomic mass is 10.2. The maximum atomic E-state index is 6.18. The first-order valence-electron chi connectivity index (χ1n) is 5.99. The van der Waals surface area contributed by atoms with Gasteiger partial charge in [-0.1, -0.05) is 25.4 Å². The van der Waals surface area contributed by atoms with E-state index in [1.54, 1.807) is 6.20 Å². The molecule has 98 valence electrons. The summed E-state index contributed by atoms with van der Waals surface area (Å²) in [5, 5.41) is 4.98. The average molecular weight is 277 g/mol. The molecule has 6 heteroatoms. The fraction of sp³-hybridized carbons (Fsp3) is 0.727. The molecule has 0 bridgehead atoms. The zero-order chi connectivity index (χ0) is 12.7. The number of hydrogen-bond donors (Lipinski definition) is 2. The van der Waals surface area contributed by atoms with Crippen LogP contribution >= 0.6 is 23.4 Å². The lowest BCUT2D eigenvalue weighted by Crippen LogP contribution is -2.32. The minimum absolute atomic E-state index is 0.0631. The lowest BCUT2D eigenvalue weighted by Gasteiger charge is -2.17. The Kier molecular flexibility index (Phi) is 6.96. The van der Waals surface area contributed by atoms with E-state index in [9.17, 15) is 0 Å². The molecule has 17 heavy (non-hydrogen) atoms. The van der Waals surface area contributed by atoms with Gasteiger partial charge >= 0.3 is 0 Å². The Morgan fingerprint density at radius 2 is 2.29 bits per heavy atom. The van der Waals surface area contributed by atoms with Crippen LogP contribution in [0.2, 0.25) is 5.02 Å². The molecule has 0 aliphatic carbocycles. The highest BCUT2D eigenvalue weighted by Gasteiger charge is 2.18. The number of halogens is 1. The van der Waals surface area contributed by atoms with E-state index in [-0.39, 0.29) is 6.04 Å². The van der Waals surface area contributed by atoms with Crippen molar-refractivity contribution in [2.24, 2.45) is 5.84 Å². The molecule has 0 radical (unpaired) electrons. The number of nitrogens with two attached hydrogens (primary N) is 1. The van der Waals surface area contributed by atoms with Crippen molar-refractivity contribution in [1.29, 1.82) is 0 Å². The van der Waals surface area contributed by atoms with Gasteiger partial charge in [-0.05, 0) is 18.6 Å². The van der Waals surface area contributed by atoms with E-state index in [2.05, 4.69) is 24.4 Å². The topological polar surface area (TPSA) is 55.9 Å². The summed E-state index contributed by atoms with van der Waals surface area (Å²) >= 11 is 8.06. The van der Waals surface area contributed by atoms with Crippen molar-refractivity contribution in [3.8, 4) is 0 Å². The average Bonchev–Trinajstić information content (AvgIpc) is 2.68. The summed E-state index contributed by atoms with van der Waals surface area (Å²) in [5.74, 6) is 7.67. The third-order valence-corrected chi connectivity index (χ3v) is 3.99. The van der Waals surface area contributed by atoms with Crippen molar-refractivity contribution in [2.75, 3.05) is 11.5 Å². The van der Waals surface area contributed by atoms with Crippen LogP contribution in [0.4, 0.5) is 0 Å². The summed E-state index contributed by atoms with van der Waals surface area (Å²) in [4.78, 5) is 0. The molecule has 1 aromatic rings. The quantitative estimate of drug-likeness (QED) is 0.435. The Labute approximate surface area is 112 Å². The third-order valence-electron chi connectivity index (χ3n) is 2.43. The first-order valence-corrected chi connectivity index (χ1v) is 7.52. The second-order valence-electron chi connectivity index (χ2n) is 3.90. The van der Waals surface area contributed by atoms with Crippen LogP contribution in [0.15, 0.2) is 6.20 Å². The molecule has 1 atom stereocenters. The van der Waals surface area contributed by atoms with Gasteiger partial charge in [-0.15, -0.1) is 0 Å². The third kappa shape index (κ3) is 4.17. The highest BCUT2D eigenvalue weighted by atomic mass is 35.5. The van der Waals surface area contributed by atoms with Gasteiger partial charge in [-0.25, -0.2) is 0 Å². The highest BCUT2D eigenvalue weighted by Crippen LogP contribution is 2.25. The van der Waals surface area contributed by atoms with Gasteiger partial charge in [0.05, 0.1) is 23.0 Å². The molecule has 0 amide bonds. The molecule has 0 spiro atoms. The van der Waals surface area contributed by atoms with Crippen LogP contribution < -0.4 is 11.3 Å². The molecule has 1 unspecified atom stereocenters. The number of hydrogen-bond acceptors (Lipinski definition) is 4. The summed E-state index contributed by atoms with van der Waals surface area (Å²) in [6, 6.07) is 0.0631. The van der Waals surface area contributed by atoms with Gasteiger partial charge in [-0.3, -0.25) is 16.0 Å². The van der Waals surface area contributed by atoms with Crippen LogP contribution in [0.3, 0.4) is 0 Å². The van der Waals surface area contributed by atoms with E-state index in [4.69, 9.17) is 17.4 Å². The molecule has 0 saturated heterocycles. The summed E-state index contributed by atoms with van der Waals surface area (Å²) in [6.45, 7) is 5.17. The van der Waals surface area contributed by atoms with E-state index in [1.807, 2.05) is 16.4 Å². The fourth-order valence-corrected chi connectivity index (χ4v) is 2.88. The first kappa shape index (κ1) is 14.8. The van der Waals surface area contributed by atoms with E-state index < -0.39 is 0 Å². The molecular formula is C11H21ClN4S. The molecule has 0 fully saturated rings. The molecule has 0 aliphatic rings. The van der Waals surface area contributed by atoms with Gasteiger partial charge in [0.15, 0.2) is 0 Å². The fourth-order valence-electron chi connectivity index (χ4n) is 1.66. The van der Waals surface area contributed by atoms with Gasteiger partial charge in [-0.2, -0.15) is 16.9 Å². The van der Waals surface area contributed by atoms with Crippen molar-refractivity contribution in [3.63, 3.8) is 0 Å². The van der Waals surface area contributed by atoms with Crippen molar-refractivity contribution >= 4 is 23.4 Å². The minimum Gasteiger partial charge on any atom is -0.271 e. The predicted octanol–water partition coefficient (Wildman–Crippen LogP) is 2.59. The second-order valence-corrected chi connectivity index (χ2v) is 5.45. The SMILES string of the molecule is CCCSCC(NN)c1c(Cl)cnn1CCC. The zero-order valence-corrected chi connectivity index (χ0v) is 12.0. The number of aromatic nitrogens is 2. The molecule has 3 N–H and O–H groups in total.